The molecular formula is C15H20F3N. The van der Waals surface area contributed by atoms with Crippen LogP contribution in [0.2, 0.25) is 0 Å². The van der Waals surface area contributed by atoms with E-state index in [0.717, 1.165) is 19.3 Å². The van der Waals surface area contributed by atoms with Gasteiger partial charge >= 0.3 is 6.18 Å². The minimum Gasteiger partial charge on any atom is -0.314 e. The van der Waals surface area contributed by atoms with Gasteiger partial charge in [-0.15, -0.1) is 0 Å². The van der Waals surface area contributed by atoms with Gasteiger partial charge in [-0.05, 0) is 44.2 Å². The molecule has 2 unspecified atom stereocenters. The summed E-state index contributed by atoms with van der Waals surface area (Å²) in [5, 5.41) is 3.21. The molecule has 1 nitrogen and oxygen atoms in total. The summed E-state index contributed by atoms with van der Waals surface area (Å²) in [7, 11) is 0. The molecule has 1 heterocycles. The van der Waals surface area contributed by atoms with Crippen LogP contribution in [0.25, 0.3) is 0 Å². The summed E-state index contributed by atoms with van der Waals surface area (Å²) in [6.45, 7) is 0.486. The second-order valence-corrected chi connectivity index (χ2v) is 5.29. The van der Waals surface area contributed by atoms with Gasteiger partial charge in [-0.3, -0.25) is 0 Å². The predicted molar refractivity (Wildman–Crippen MR) is 69.9 cm³/mol. The van der Waals surface area contributed by atoms with E-state index in [-0.39, 0.29) is 18.9 Å². The zero-order valence-electron chi connectivity index (χ0n) is 10.9. The van der Waals surface area contributed by atoms with Gasteiger partial charge in [0, 0.05) is 6.04 Å². The topological polar surface area (TPSA) is 12.0 Å². The quantitative estimate of drug-likeness (QED) is 0.874. The van der Waals surface area contributed by atoms with Crippen LogP contribution >= 0.6 is 0 Å². The summed E-state index contributed by atoms with van der Waals surface area (Å²) in [4.78, 5) is 0. The van der Waals surface area contributed by atoms with Crippen molar-refractivity contribution in [1.29, 1.82) is 0 Å². The Morgan fingerprint density at radius 3 is 2.58 bits per heavy atom. The molecule has 0 radical (unpaired) electrons. The summed E-state index contributed by atoms with van der Waals surface area (Å²) < 4.78 is 38.0. The van der Waals surface area contributed by atoms with Gasteiger partial charge in [-0.25, -0.2) is 0 Å². The van der Waals surface area contributed by atoms with Gasteiger partial charge in [0.1, 0.15) is 0 Å². The van der Waals surface area contributed by atoms with E-state index in [1.54, 1.807) is 0 Å². The van der Waals surface area contributed by atoms with Crippen LogP contribution < -0.4 is 5.32 Å². The first kappa shape index (κ1) is 14.4. The monoisotopic (exact) mass is 271 g/mol. The van der Waals surface area contributed by atoms with Gasteiger partial charge in [0.05, 0.1) is 5.92 Å². The molecule has 1 saturated heterocycles. The van der Waals surface area contributed by atoms with Crippen LogP contribution in [-0.2, 0) is 6.42 Å². The maximum atomic E-state index is 12.7. The number of benzene rings is 1. The van der Waals surface area contributed by atoms with E-state index in [0.29, 0.717) is 6.54 Å². The van der Waals surface area contributed by atoms with Gasteiger partial charge < -0.3 is 5.32 Å². The lowest BCUT2D eigenvalue weighted by Gasteiger charge is -2.31. The number of aryl methyl sites for hydroxylation is 1. The third-order valence-corrected chi connectivity index (χ3v) is 3.82. The minimum absolute atomic E-state index is 0.0177. The zero-order valence-corrected chi connectivity index (χ0v) is 10.9. The molecule has 0 bridgehead atoms. The van der Waals surface area contributed by atoms with Crippen LogP contribution in [0, 0.1) is 5.92 Å². The van der Waals surface area contributed by atoms with Crippen molar-refractivity contribution in [2.45, 2.75) is 44.3 Å². The highest BCUT2D eigenvalue weighted by atomic mass is 19.4. The Bertz CT molecular complexity index is 375. The smallest absolute Gasteiger partial charge is 0.314 e. The summed E-state index contributed by atoms with van der Waals surface area (Å²) in [6.07, 6.45) is -0.875. The molecule has 4 heteroatoms. The molecule has 19 heavy (non-hydrogen) atoms. The molecule has 1 aromatic carbocycles. The van der Waals surface area contributed by atoms with Crippen LogP contribution in [0.1, 0.15) is 31.2 Å². The number of nitrogens with one attached hydrogen (secondary N) is 1. The van der Waals surface area contributed by atoms with Gasteiger partial charge in [-0.2, -0.15) is 13.2 Å². The van der Waals surface area contributed by atoms with Crippen LogP contribution in [0.15, 0.2) is 30.3 Å². The Morgan fingerprint density at radius 2 is 1.89 bits per heavy atom. The molecular weight excluding hydrogens is 251 g/mol. The molecule has 1 aliphatic rings. The molecule has 1 aliphatic heterocycles. The molecule has 0 aromatic heterocycles. The van der Waals surface area contributed by atoms with Crippen molar-refractivity contribution in [3.05, 3.63) is 35.9 Å². The van der Waals surface area contributed by atoms with E-state index in [1.165, 1.54) is 5.56 Å². The second kappa shape index (κ2) is 6.42. The molecule has 2 rings (SSSR count). The third kappa shape index (κ3) is 4.53. The Labute approximate surface area is 112 Å². The highest BCUT2D eigenvalue weighted by Gasteiger charge is 2.41. The highest BCUT2D eigenvalue weighted by Crippen LogP contribution is 2.34. The molecule has 0 amide bonds. The molecule has 1 aromatic rings. The second-order valence-electron chi connectivity index (χ2n) is 5.29. The van der Waals surface area contributed by atoms with Crippen LogP contribution in [-0.4, -0.2) is 18.8 Å². The average molecular weight is 271 g/mol. The number of hydrogen-bond donors (Lipinski definition) is 1. The summed E-state index contributed by atoms with van der Waals surface area (Å²) in [6, 6.07) is 10.1. The van der Waals surface area contributed by atoms with Gasteiger partial charge in [0.2, 0.25) is 0 Å². The Hall–Kier alpha value is -1.03. The fourth-order valence-corrected chi connectivity index (χ4v) is 2.72. The summed E-state index contributed by atoms with van der Waals surface area (Å²) in [5.74, 6) is -1.12. The first-order valence-electron chi connectivity index (χ1n) is 6.90. The van der Waals surface area contributed by atoms with Crippen molar-refractivity contribution in [2.75, 3.05) is 6.54 Å². The van der Waals surface area contributed by atoms with E-state index >= 15 is 0 Å². The van der Waals surface area contributed by atoms with Crippen molar-refractivity contribution in [2.24, 2.45) is 5.92 Å². The van der Waals surface area contributed by atoms with Crippen LogP contribution in [0.5, 0.6) is 0 Å². The van der Waals surface area contributed by atoms with Gasteiger partial charge in [-0.1, -0.05) is 30.3 Å². The molecule has 1 N–H and O–H groups in total. The van der Waals surface area contributed by atoms with Crippen molar-refractivity contribution in [3.8, 4) is 0 Å². The van der Waals surface area contributed by atoms with Crippen molar-refractivity contribution < 1.29 is 13.2 Å². The van der Waals surface area contributed by atoms with E-state index in [1.807, 2.05) is 18.2 Å². The molecule has 106 valence electrons. The molecule has 0 spiro atoms. The maximum absolute atomic E-state index is 12.7. The van der Waals surface area contributed by atoms with Gasteiger partial charge in [0.25, 0.3) is 0 Å². The normalized spacial score (nSPS) is 24.4. The number of alkyl halides is 3. The summed E-state index contributed by atoms with van der Waals surface area (Å²) >= 11 is 0. The van der Waals surface area contributed by atoms with E-state index in [9.17, 15) is 13.2 Å². The predicted octanol–water partition coefficient (Wildman–Crippen LogP) is 3.94. The van der Waals surface area contributed by atoms with Crippen LogP contribution in [0.3, 0.4) is 0 Å². The number of piperidine rings is 1. The first-order valence-corrected chi connectivity index (χ1v) is 6.90. The standard InChI is InChI=1S/C15H20F3N/c16-15(17,18)13-9-10-19-14(11-13)8-4-7-12-5-2-1-3-6-12/h1-3,5-6,13-14,19H,4,7-11H2. The van der Waals surface area contributed by atoms with Crippen LogP contribution in [0.4, 0.5) is 13.2 Å². The fourth-order valence-electron chi connectivity index (χ4n) is 2.72. The molecule has 2 atom stereocenters. The van der Waals surface area contributed by atoms with E-state index < -0.39 is 12.1 Å². The molecule has 0 aliphatic carbocycles. The minimum atomic E-state index is -4.03. The first-order chi connectivity index (χ1) is 9.05. The van der Waals surface area contributed by atoms with Crippen molar-refractivity contribution in [1.82, 2.24) is 5.32 Å². The largest absolute Gasteiger partial charge is 0.391 e. The SMILES string of the molecule is FC(F)(F)C1CCNC(CCCc2ccccc2)C1. The number of hydrogen-bond acceptors (Lipinski definition) is 1. The van der Waals surface area contributed by atoms with E-state index in [2.05, 4.69) is 17.4 Å². The van der Waals surface area contributed by atoms with Crippen molar-refractivity contribution in [3.63, 3.8) is 0 Å². The number of halogens is 3. The number of rotatable bonds is 4. The Kier molecular flexibility index (Phi) is 4.86. The van der Waals surface area contributed by atoms with E-state index in [4.69, 9.17) is 0 Å². The average Bonchev–Trinajstić information content (AvgIpc) is 2.39. The molecule has 0 saturated carbocycles. The highest BCUT2D eigenvalue weighted by molar-refractivity contribution is 5.14. The lowest BCUT2D eigenvalue weighted by atomic mass is 9.89. The third-order valence-electron chi connectivity index (χ3n) is 3.82. The Morgan fingerprint density at radius 1 is 1.16 bits per heavy atom. The summed E-state index contributed by atoms with van der Waals surface area (Å²) in [5.41, 5.74) is 1.26. The molecule has 1 fully saturated rings. The van der Waals surface area contributed by atoms with Gasteiger partial charge in [0.15, 0.2) is 0 Å². The zero-order chi connectivity index (χ0) is 13.7. The fraction of sp³-hybridized carbons (Fsp3) is 0.600. The maximum Gasteiger partial charge on any atom is 0.391 e. The lowest BCUT2D eigenvalue weighted by molar-refractivity contribution is -0.183. The lowest BCUT2D eigenvalue weighted by Crippen LogP contribution is -2.42. The Balaban J connectivity index is 1.74. The van der Waals surface area contributed by atoms with Crippen molar-refractivity contribution >= 4 is 0 Å².